The summed E-state index contributed by atoms with van der Waals surface area (Å²) in [4.78, 5) is 17.1. The minimum atomic E-state index is -0.0539. The maximum absolute atomic E-state index is 12.6. The van der Waals surface area contributed by atoms with Crippen molar-refractivity contribution in [2.45, 2.75) is 13.8 Å². The van der Waals surface area contributed by atoms with E-state index in [0.717, 1.165) is 27.5 Å². The van der Waals surface area contributed by atoms with Gasteiger partial charge in [-0.2, -0.15) is 0 Å². The predicted octanol–water partition coefficient (Wildman–Crippen LogP) is 2.32. The number of hydrogen-bond acceptors (Lipinski definition) is 2. The van der Waals surface area contributed by atoms with Gasteiger partial charge in [-0.15, -0.1) is 0 Å². The van der Waals surface area contributed by atoms with Crippen molar-refractivity contribution >= 4 is 28.8 Å². The summed E-state index contributed by atoms with van der Waals surface area (Å²) >= 11 is 0. The number of hydrogen-bond donors (Lipinski definition) is 0. The summed E-state index contributed by atoms with van der Waals surface area (Å²) in [5.74, 6) is 0. The van der Waals surface area contributed by atoms with Crippen LogP contribution in [0.15, 0.2) is 35.6 Å². The molecule has 0 fully saturated rings. The molecule has 0 aliphatic heterocycles. The molecule has 3 heteroatoms. The molecule has 3 nitrogen and oxygen atoms in total. The highest BCUT2D eigenvalue weighted by Gasteiger charge is 2.13. The molecule has 0 atom stereocenters. The molecule has 0 aliphatic carbocycles. The Morgan fingerprint density at radius 3 is 2.74 bits per heavy atom. The summed E-state index contributed by atoms with van der Waals surface area (Å²) in [6.07, 6.45) is 3.61. The number of benzene rings is 1. The summed E-state index contributed by atoms with van der Waals surface area (Å²) in [6, 6.07) is 7.68. The third-order valence-electron chi connectivity index (χ3n) is 3.54. The third-order valence-corrected chi connectivity index (χ3v) is 3.54. The summed E-state index contributed by atoms with van der Waals surface area (Å²) in [6.45, 7) is 7.65. The fourth-order valence-electron chi connectivity index (χ4n) is 2.59. The zero-order chi connectivity index (χ0) is 13.6. The van der Waals surface area contributed by atoms with Crippen molar-refractivity contribution in [2.24, 2.45) is 0 Å². The van der Waals surface area contributed by atoms with Crippen LogP contribution in [0.2, 0.25) is 0 Å². The Balaban J connectivity index is 2.77. The second-order valence-electron chi connectivity index (χ2n) is 4.51. The average Bonchev–Trinajstić information content (AvgIpc) is 2.79. The Hall–Kier alpha value is -2.42. The lowest BCUT2D eigenvalue weighted by molar-refractivity contribution is 1.11. The van der Waals surface area contributed by atoms with Gasteiger partial charge in [0.2, 0.25) is 0 Å². The van der Waals surface area contributed by atoms with Gasteiger partial charge in [-0.05, 0) is 31.5 Å². The molecule has 2 aromatic heterocycles. The lowest BCUT2D eigenvalue weighted by Gasteiger charge is -2.03. The van der Waals surface area contributed by atoms with Gasteiger partial charge in [0.15, 0.2) is 0 Å². The van der Waals surface area contributed by atoms with Gasteiger partial charge in [-0.3, -0.25) is 9.20 Å². The number of imidazole rings is 1. The highest BCUT2D eigenvalue weighted by molar-refractivity contribution is 5.81. The molecule has 0 amide bonds. The summed E-state index contributed by atoms with van der Waals surface area (Å²) < 4.78 is 1.68. The van der Waals surface area contributed by atoms with E-state index in [4.69, 9.17) is 0 Å². The molecule has 19 heavy (non-hydrogen) atoms. The molecule has 0 bridgehead atoms. The molecular formula is C16H14N2O. The van der Waals surface area contributed by atoms with Gasteiger partial charge in [0.1, 0.15) is 5.65 Å². The summed E-state index contributed by atoms with van der Waals surface area (Å²) in [5.41, 5.74) is 3.92. The molecule has 3 aromatic rings. The first kappa shape index (κ1) is 11.7. The number of fused-ring (bicyclic) bond motifs is 3. The second kappa shape index (κ2) is 4.05. The maximum Gasteiger partial charge on any atom is 0.264 e. The van der Waals surface area contributed by atoms with E-state index in [1.807, 2.05) is 44.2 Å². The van der Waals surface area contributed by atoms with E-state index >= 15 is 0 Å². The molecular weight excluding hydrogens is 236 g/mol. The van der Waals surface area contributed by atoms with Gasteiger partial charge in [-0.1, -0.05) is 30.9 Å². The van der Waals surface area contributed by atoms with Crippen LogP contribution in [0, 0.1) is 6.92 Å². The van der Waals surface area contributed by atoms with E-state index in [1.165, 1.54) is 0 Å². The van der Waals surface area contributed by atoms with Crippen LogP contribution in [0.25, 0.3) is 28.8 Å². The Labute approximate surface area is 110 Å². The van der Waals surface area contributed by atoms with Crippen LogP contribution in [-0.4, -0.2) is 9.38 Å². The smallest absolute Gasteiger partial charge is 0.264 e. The first-order valence-corrected chi connectivity index (χ1v) is 6.21. The highest BCUT2D eigenvalue weighted by Crippen LogP contribution is 2.14. The Kier molecular flexibility index (Phi) is 2.49. The minimum absolute atomic E-state index is 0.0539. The van der Waals surface area contributed by atoms with Crippen molar-refractivity contribution in [1.29, 1.82) is 0 Å². The topological polar surface area (TPSA) is 34.4 Å². The number of pyridine rings is 1. The van der Waals surface area contributed by atoms with Crippen LogP contribution in [0.5, 0.6) is 0 Å². The standard InChI is InChI=1S/C16H14N2O/c1-4-11-10(3)12(5-2)16(19)18-14-9-7-6-8-13(14)17-15(11)18/h4-9H,2H2,1,3H3. The first-order valence-electron chi connectivity index (χ1n) is 6.21. The molecule has 0 unspecified atom stereocenters. The van der Waals surface area contributed by atoms with Gasteiger partial charge in [0.05, 0.1) is 11.0 Å². The van der Waals surface area contributed by atoms with Crippen molar-refractivity contribution in [2.75, 3.05) is 0 Å². The molecule has 0 spiro atoms. The molecule has 0 N–H and O–H groups in total. The molecule has 94 valence electrons. The van der Waals surface area contributed by atoms with E-state index in [0.29, 0.717) is 5.56 Å². The lowest BCUT2D eigenvalue weighted by atomic mass is 10.1. The molecule has 1 aromatic carbocycles. The van der Waals surface area contributed by atoms with Crippen LogP contribution in [0.1, 0.15) is 18.1 Å². The Morgan fingerprint density at radius 1 is 1.32 bits per heavy atom. The van der Waals surface area contributed by atoms with Gasteiger partial charge in [0, 0.05) is 10.8 Å². The monoisotopic (exact) mass is 250 g/mol. The predicted molar refractivity (Wildman–Crippen MR) is 79.2 cm³/mol. The van der Waals surface area contributed by atoms with Crippen LogP contribution in [0.3, 0.4) is 0 Å². The zero-order valence-corrected chi connectivity index (χ0v) is 11.0. The number of rotatable bonds is 1. The van der Waals surface area contributed by atoms with Crippen molar-refractivity contribution in [3.63, 3.8) is 0 Å². The number of para-hydroxylation sites is 2. The second-order valence-corrected chi connectivity index (χ2v) is 4.51. The number of nitrogens with zero attached hydrogens (tertiary/aromatic N) is 2. The van der Waals surface area contributed by atoms with Gasteiger partial charge in [-0.25, -0.2) is 4.98 Å². The maximum atomic E-state index is 12.6. The van der Waals surface area contributed by atoms with Crippen LogP contribution < -0.4 is 10.8 Å². The molecule has 3 rings (SSSR count). The molecule has 0 radical (unpaired) electrons. The van der Waals surface area contributed by atoms with E-state index in [2.05, 4.69) is 11.6 Å². The normalized spacial score (nSPS) is 12.4. The van der Waals surface area contributed by atoms with E-state index in [1.54, 1.807) is 10.5 Å². The van der Waals surface area contributed by atoms with Crippen LogP contribution >= 0.6 is 0 Å². The van der Waals surface area contributed by atoms with Crippen molar-refractivity contribution in [3.8, 4) is 0 Å². The van der Waals surface area contributed by atoms with E-state index < -0.39 is 0 Å². The Bertz CT molecular complexity index is 919. The van der Waals surface area contributed by atoms with Gasteiger partial charge < -0.3 is 0 Å². The first-order chi connectivity index (χ1) is 9.19. The van der Waals surface area contributed by atoms with E-state index in [9.17, 15) is 4.79 Å². The molecule has 0 saturated carbocycles. The fourth-order valence-corrected chi connectivity index (χ4v) is 2.59. The fraction of sp³-hybridized carbons (Fsp3) is 0.125. The largest absolute Gasteiger partial charge is 0.268 e. The van der Waals surface area contributed by atoms with Crippen molar-refractivity contribution < 1.29 is 0 Å². The lowest BCUT2D eigenvalue weighted by Crippen LogP contribution is -2.25. The van der Waals surface area contributed by atoms with Gasteiger partial charge >= 0.3 is 0 Å². The van der Waals surface area contributed by atoms with Gasteiger partial charge in [0.25, 0.3) is 5.56 Å². The van der Waals surface area contributed by atoms with Crippen molar-refractivity contribution in [1.82, 2.24) is 9.38 Å². The summed E-state index contributed by atoms with van der Waals surface area (Å²) in [5, 5.41) is 0.991. The van der Waals surface area contributed by atoms with Crippen molar-refractivity contribution in [3.05, 3.63) is 57.5 Å². The third kappa shape index (κ3) is 1.45. The molecule has 0 aliphatic rings. The highest BCUT2D eigenvalue weighted by atomic mass is 16.1. The minimum Gasteiger partial charge on any atom is -0.268 e. The van der Waals surface area contributed by atoms with Crippen LogP contribution in [0.4, 0.5) is 0 Å². The summed E-state index contributed by atoms with van der Waals surface area (Å²) in [7, 11) is 0. The zero-order valence-electron chi connectivity index (χ0n) is 11.0. The van der Waals surface area contributed by atoms with E-state index in [-0.39, 0.29) is 5.56 Å². The molecule has 0 saturated heterocycles. The molecule has 2 heterocycles. The average molecular weight is 250 g/mol. The Morgan fingerprint density at radius 2 is 2.05 bits per heavy atom. The quantitative estimate of drug-likeness (QED) is 0.664. The number of aromatic nitrogens is 2. The van der Waals surface area contributed by atoms with Crippen LogP contribution in [-0.2, 0) is 0 Å². The SMILES string of the molecule is C=Cc1c(C)c(=CC)c2nc3ccccc3n2c1=O.